The number of imidazole rings is 1. The number of carbonyl (C=O) groups is 2. The molecule has 2 aliphatic heterocycles. The monoisotopic (exact) mass is 443 g/mol. The molecule has 2 saturated heterocycles. The molecule has 158 valence electrons. The number of nitrogens with one attached hydrogen (secondary N) is 1. The molecular formula is C19H24Cl2FN5O2. The van der Waals surface area contributed by atoms with E-state index in [9.17, 15) is 14.0 Å². The molecule has 1 N–H and O–H groups in total. The van der Waals surface area contributed by atoms with E-state index in [-0.39, 0.29) is 48.5 Å². The summed E-state index contributed by atoms with van der Waals surface area (Å²) in [5.41, 5.74) is 1.12. The van der Waals surface area contributed by atoms with E-state index >= 15 is 0 Å². The fraction of sp³-hybridized carbons (Fsp3) is 0.421. The topological polar surface area (TPSA) is 70.5 Å². The normalized spacial score (nSPS) is 19.3. The third-order valence-corrected chi connectivity index (χ3v) is 5.21. The van der Waals surface area contributed by atoms with Crippen molar-refractivity contribution in [2.75, 3.05) is 32.7 Å². The van der Waals surface area contributed by atoms with E-state index in [0.717, 1.165) is 19.4 Å². The fourth-order valence-electron chi connectivity index (χ4n) is 3.82. The molecule has 0 saturated carbocycles. The average Bonchev–Trinajstić information content (AvgIpc) is 3.18. The quantitative estimate of drug-likeness (QED) is 0.785. The number of carbonyl (C=O) groups excluding carboxylic acids is 2. The molecule has 2 aromatic rings. The van der Waals surface area contributed by atoms with Crippen LogP contribution in [0.2, 0.25) is 0 Å². The molecule has 10 heteroatoms. The van der Waals surface area contributed by atoms with Crippen LogP contribution in [0.15, 0.2) is 36.8 Å². The summed E-state index contributed by atoms with van der Waals surface area (Å²) >= 11 is 0. The van der Waals surface area contributed by atoms with Gasteiger partial charge in [0.15, 0.2) is 0 Å². The second-order valence-electron chi connectivity index (χ2n) is 6.94. The number of hydrogen-bond donors (Lipinski definition) is 1. The molecule has 7 nitrogen and oxygen atoms in total. The van der Waals surface area contributed by atoms with E-state index in [4.69, 9.17) is 0 Å². The Balaban J connectivity index is 0.00000150. The van der Waals surface area contributed by atoms with Crippen LogP contribution in [0, 0.1) is 5.82 Å². The Labute approximate surface area is 181 Å². The van der Waals surface area contributed by atoms with Gasteiger partial charge in [-0.3, -0.25) is 14.2 Å². The number of aromatic nitrogens is 2. The van der Waals surface area contributed by atoms with E-state index < -0.39 is 0 Å². The summed E-state index contributed by atoms with van der Waals surface area (Å²) in [6.45, 7) is 3.01. The zero-order valence-electron chi connectivity index (χ0n) is 15.8. The van der Waals surface area contributed by atoms with E-state index in [1.54, 1.807) is 27.9 Å². The molecule has 1 atom stereocenters. The standard InChI is InChI=1S/C19H22FN5O2.2ClH/c20-14-3-5-15(6-4-14)25-13-22-10-17(25)19(27)23-8-1-2-16(12-23)24-9-7-21-11-18(24)26;;/h3-6,10,13,16,21H,1-2,7-9,11-12H2;2*1H. The van der Waals surface area contributed by atoms with Crippen molar-refractivity contribution >= 4 is 36.6 Å². The summed E-state index contributed by atoms with van der Waals surface area (Å²) in [4.78, 5) is 33.1. The second kappa shape index (κ2) is 10.0. The molecule has 0 spiro atoms. The lowest BCUT2D eigenvalue weighted by Gasteiger charge is -2.41. The van der Waals surface area contributed by atoms with Gasteiger partial charge in [-0.05, 0) is 37.1 Å². The van der Waals surface area contributed by atoms with Crippen LogP contribution in [0.25, 0.3) is 5.69 Å². The molecule has 1 aromatic carbocycles. The van der Waals surface area contributed by atoms with Crippen LogP contribution in [0.4, 0.5) is 4.39 Å². The smallest absolute Gasteiger partial charge is 0.272 e. The Morgan fingerprint density at radius 3 is 2.66 bits per heavy atom. The van der Waals surface area contributed by atoms with Crippen LogP contribution in [0.3, 0.4) is 0 Å². The van der Waals surface area contributed by atoms with Crippen LogP contribution >= 0.6 is 24.8 Å². The molecule has 2 fully saturated rings. The molecule has 4 rings (SSSR count). The number of likely N-dealkylation sites (tertiary alicyclic amines) is 1. The molecule has 2 amide bonds. The predicted molar refractivity (Wildman–Crippen MR) is 112 cm³/mol. The number of piperazine rings is 1. The van der Waals surface area contributed by atoms with Crippen LogP contribution in [0.1, 0.15) is 23.3 Å². The van der Waals surface area contributed by atoms with Gasteiger partial charge in [-0.25, -0.2) is 9.37 Å². The number of rotatable bonds is 3. The van der Waals surface area contributed by atoms with Gasteiger partial charge in [0.1, 0.15) is 11.5 Å². The number of nitrogens with zero attached hydrogens (tertiary/aromatic N) is 4. The lowest BCUT2D eigenvalue weighted by Crippen LogP contribution is -2.57. The Hall–Kier alpha value is -2.16. The van der Waals surface area contributed by atoms with Crippen LogP contribution in [0.5, 0.6) is 0 Å². The van der Waals surface area contributed by atoms with Crippen molar-refractivity contribution in [3.63, 3.8) is 0 Å². The SMILES string of the molecule is Cl.Cl.O=C(c1cncn1-c1ccc(F)cc1)N1CCCC(N2CCNCC2=O)C1. The highest BCUT2D eigenvalue weighted by Crippen LogP contribution is 2.20. The average molecular weight is 444 g/mol. The summed E-state index contributed by atoms with van der Waals surface area (Å²) < 4.78 is 14.9. The third-order valence-electron chi connectivity index (χ3n) is 5.21. The molecular weight excluding hydrogens is 420 g/mol. The van der Waals surface area contributed by atoms with Gasteiger partial charge in [-0.15, -0.1) is 24.8 Å². The maximum Gasteiger partial charge on any atom is 0.272 e. The Morgan fingerprint density at radius 1 is 1.17 bits per heavy atom. The first kappa shape index (κ1) is 23.1. The Kier molecular flexibility index (Phi) is 8.01. The van der Waals surface area contributed by atoms with Crippen molar-refractivity contribution in [2.24, 2.45) is 0 Å². The van der Waals surface area contributed by atoms with Crippen molar-refractivity contribution in [2.45, 2.75) is 18.9 Å². The molecule has 0 bridgehead atoms. The van der Waals surface area contributed by atoms with Crippen molar-refractivity contribution in [1.82, 2.24) is 24.7 Å². The van der Waals surface area contributed by atoms with Crippen molar-refractivity contribution in [1.29, 1.82) is 0 Å². The molecule has 29 heavy (non-hydrogen) atoms. The molecule has 2 aliphatic rings. The third kappa shape index (κ3) is 4.88. The van der Waals surface area contributed by atoms with Gasteiger partial charge in [-0.1, -0.05) is 0 Å². The Bertz CT molecular complexity index is 845. The minimum atomic E-state index is -0.327. The summed E-state index contributed by atoms with van der Waals surface area (Å²) in [5, 5.41) is 3.08. The Morgan fingerprint density at radius 2 is 1.93 bits per heavy atom. The minimum absolute atomic E-state index is 0. The maximum atomic E-state index is 13.2. The fourth-order valence-corrected chi connectivity index (χ4v) is 3.82. The number of amides is 2. The van der Waals surface area contributed by atoms with Crippen LogP contribution in [-0.2, 0) is 4.79 Å². The molecule has 1 unspecified atom stereocenters. The van der Waals surface area contributed by atoms with Gasteiger partial charge >= 0.3 is 0 Å². The number of benzene rings is 1. The summed E-state index contributed by atoms with van der Waals surface area (Å²) in [7, 11) is 0. The molecule has 3 heterocycles. The van der Waals surface area contributed by atoms with Gasteiger partial charge in [-0.2, -0.15) is 0 Å². The first-order valence-corrected chi connectivity index (χ1v) is 9.21. The number of hydrogen-bond acceptors (Lipinski definition) is 4. The summed E-state index contributed by atoms with van der Waals surface area (Å²) in [6.07, 6.45) is 4.86. The van der Waals surface area contributed by atoms with Gasteiger partial charge in [0.05, 0.1) is 19.1 Å². The zero-order chi connectivity index (χ0) is 18.8. The van der Waals surface area contributed by atoms with E-state index in [1.807, 2.05) is 4.90 Å². The highest BCUT2D eigenvalue weighted by molar-refractivity contribution is 5.93. The van der Waals surface area contributed by atoms with Crippen LogP contribution < -0.4 is 5.32 Å². The first-order valence-electron chi connectivity index (χ1n) is 9.21. The van der Waals surface area contributed by atoms with E-state index in [0.29, 0.717) is 37.6 Å². The van der Waals surface area contributed by atoms with Crippen LogP contribution in [-0.4, -0.2) is 69.9 Å². The van der Waals surface area contributed by atoms with E-state index in [1.165, 1.54) is 18.3 Å². The van der Waals surface area contributed by atoms with Crippen molar-refractivity contribution in [3.8, 4) is 5.69 Å². The van der Waals surface area contributed by atoms with Gasteiger partial charge < -0.3 is 15.1 Å². The van der Waals surface area contributed by atoms with E-state index in [2.05, 4.69) is 10.3 Å². The largest absolute Gasteiger partial charge is 0.336 e. The lowest BCUT2D eigenvalue weighted by molar-refractivity contribution is -0.135. The van der Waals surface area contributed by atoms with Gasteiger partial charge in [0.2, 0.25) is 5.91 Å². The van der Waals surface area contributed by atoms with Crippen molar-refractivity contribution < 1.29 is 14.0 Å². The predicted octanol–water partition coefficient (Wildman–Crippen LogP) is 1.89. The number of halogens is 3. The number of piperidine rings is 1. The second-order valence-corrected chi connectivity index (χ2v) is 6.94. The van der Waals surface area contributed by atoms with Crippen molar-refractivity contribution in [3.05, 3.63) is 48.3 Å². The highest BCUT2D eigenvalue weighted by atomic mass is 35.5. The van der Waals surface area contributed by atoms with Gasteiger partial charge in [0.25, 0.3) is 5.91 Å². The first-order chi connectivity index (χ1) is 13.1. The molecule has 0 aliphatic carbocycles. The summed E-state index contributed by atoms with van der Waals surface area (Å²) in [6, 6.07) is 6.00. The maximum absolute atomic E-state index is 13.2. The minimum Gasteiger partial charge on any atom is -0.336 e. The molecule has 0 radical (unpaired) electrons. The highest BCUT2D eigenvalue weighted by Gasteiger charge is 2.32. The lowest BCUT2D eigenvalue weighted by atomic mass is 10.0. The zero-order valence-corrected chi connectivity index (χ0v) is 17.4. The van der Waals surface area contributed by atoms with Gasteiger partial charge in [0, 0.05) is 37.9 Å². The summed E-state index contributed by atoms with van der Waals surface area (Å²) in [5.74, 6) is -0.354. The molecule has 1 aromatic heterocycles.